The molecule has 3 N–H and O–H groups in total. The van der Waals surface area contributed by atoms with Gasteiger partial charge in [-0.15, -0.1) is 0 Å². The first-order valence-electron chi connectivity index (χ1n) is 18.9. The summed E-state index contributed by atoms with van der Waals surface area (Å²) >= 11 is 0. The Morgan fingerprint density at radius 2 is 1.80 bits per heavy atom. The number of allylic oxidation sites excluding steroid dienone is 2. The number of aliphatic hydroxyl groups excluding tert-OH is 2. The molecule has 4 aliphatic heterocycles. The molecule has 0 saturated carbocycles. The molecule has 10 nitrogen and oxygen atoms in total. The Kier molecular flexibility index (Phi) is 14.8. The maximum Gasteiger partial charge on any atom is 0.410 e. The molecule has 0 bridgehead atoms. The van der Waals surface area contributed by atoms with E-state index in [1.165, 1.54) is 19.3 Å². The molecule has 10 atom stereocenters. The van der Waals surface area contributed by atoms with E-state index in [0.29, 0.717) is 44.8 Å². The summed E-state index contributed by atoms with van der Waals surface area (Å²) in [5, 5.41) is 31.9. The second-order valence-corrected chi connectivity index (χ2v) is 15.5. The predicted molar refractivity (Wildman–Crippen MR) is 190 cm³/mol. The molecule has 3 saturated heterocycles. The second kappa shape index (κ2) is 18.3. The van der Waals surface area contributed by atoms with Gasteiger partial charge in [0.05, 0.1) is 36.4 Å². The maximum absolute atomic E-state index is 13.4. The van der Waals surface area contributed by atoms with Crippen molar-refractivity contribution < 1.29 is 39.1 Å². The van der Waals surface area contributed by atoms with Crippen molar-refractivity contribution in [3.05, 3.63) is 36.0 Å². The van der Waals surface area contributed by atoms with Gasteiger partial charge in [-0.3, -0.25) is 4.79 Å². The molecule has 4 heterocycles. The van der Waals surface area contributed by atoms with Gasteiger partial charge in [-0.2, -0.15) is 0 Å². The number of piperidine rings is 2. The van der Waals surface area contributed by atoms with Gasteiger partial charge in [0.1, 0.15) is 12.2 Å². The van der Waals surface area contributed by atoms with Gasteiger partial charge in [0.2, 0.25) is 0 Å². The molecule has 0 aromatic rings. The minimum absolute atomic E-state index is 0.00807. The van der Waals surface area contributed by atoms with Crippen molar-refractivity contribution in [2.75, 3.05) is 26.2 Å². The number of aliphatic hydroxyl groups is 3. The van der Waals surface area contributed by atoms with Crippen molar-refractivity contribution in [2.24, 2.45) is 17.8 Å². The second-order valence-electron chi connectivity index (χ2n) is 15.5. The molecule has 3 fully saturated rings. The van der Waals surface area contributed by atoms with Gasteiger partial charge in [0.15, 0.2) is 0 Å². The SMILES string of the molecule is CCC(O)C(C)C1OC1CC(C)(O)/C=C/C=C(\C)C1OC(=O)CC(O)CCC(C)C(OC(=O)N2CCC(N3CCCCC3)CC2)/C=C/C1C. The Bertz CT molecular complexity index is 1160. The minimum Gasteiger partial charge on any atom is -0.457 e. The highest BCUT2D eigenvalue weighted by atomic mass is 16.6. The Morgan fingerprint density at radius 3 is 2.47 bits per heavy atom. The van der Waals surface area contributed by atoms with Gasteiger partial charge in [-0.25, -0.2) is 4.79 Å². The zero-order chi connectivity index (χ0) is 35.7. The normalized spacial score (nSPS) is 34.6. The number of nitrogens with zero attached hydrogens (tertiary/aromatic N) is 2. The number of esters is 1. The van der Waals surface area contributed by atoms with Crippen LogP contribution in [0.5, 0.6) is 0 Å². The molecule has 0 radical (unpaired) electrons. The number of epoxide rings is 1. The molecule has 0 aromatic carbocycles. The molecular formula is C39H64N2O8. The summed E-state index contributed by atoms with van der Waals surface area (Å²) in [6.07, 6.45) is 14.1. The third-order valence-electron chi connectivity index (χ3n) is 11.2. The lowest BCUT2D eigenvalue weighted by atomic mass is 9.91. The fraction of sp³-hybridized carbons (Fsp3) is 0.795. The van der Waals surface area contributed by atoms with Crippen LogP contribution in [-0.4, -0.2) is 112 Å². The van der Waals surface area contributed by atoms with Crippen molar-refractivity contribution >= 4 is 12.1 Å². The third-order valence-corrected chi connectivity index (χ3v) is 11.2. The van der Waals surface area contributed by atoms with Gasteiger partial charge >= 0.3 is 12.1 Å². The smallest absolute Gasteiger partial charge is 0.410 e. The molecule has 10 unspecified atom stereocenters. The van der Waals surface area contributed by atoms with E-state index in [-0.39, 0.29) is 42.5 Å². The van der Waals surface area contributed by atoms with E-state index in [9.17, 15) is 24.9 Å². The van der Waals surface area contributed by atoms with Crippen LogP contribution >= 0.6 is 0 Å². The summed E-state index contributed by atoms with van der Waals surface area (Å²) in [6.45, 7) is 15.2. The van der Waals surface area contributed by atoms with Crippen LogP contribution in [-0.2, 0) is 19.0 Å². The molecule has 0 spiro atoms. The summed E-state index contributed by atoms with van der Waals surface area (Å²) in [6, 6.07) is 0.540. The molecular weight excluding hydrogens is 624 g/mol. The monoisotopic (exact) mass is 688 g/mol. The highest BCUT2D eigenvalue weighted by molar-refractivity contribution is 5.70. The average molecular weight is 689 g/mol. The van der Waals surface area contributed by atoms with Gasteiger partial charge in [-0.05, 0) is 89.4 Å². The van der Waals surface area contributed by atoms with Crippen LogP contribution < -0.4 is 0 Å². The number of cyclic esters (lactones) is 1. The zero-order valence-corrected chi connectivity index (χ0v) is 30.8. The Balaban J connectivity index is 1.39. The number of likely N-dealkylation sites (tertiary alicyclic amines) is 2. The summed E-state index contributed by atoms with van der Waals surface area (Å²) in [7, 11) is 0. The molecule has 49 heavy (non-hydrogen) atoms. The van der Waals surface area contributed by atoms with Gasteiger partial charge in [0.25, 0.3) is 0 Å². The number of ether oxygens (including phenoxy) is 3. The number of amides is 1. The van der Waals surface area contributed by atoms with Gasteiger partial charge < -0.3 is 39.3 Å². The maximum atomic E-state index is 13.4. The third kappa shape index (κ3) is 11.9. The summed E-state index contributed by atoms with van der Waals surface area (Å²) in [5.74, 6) is -0.752. The highest BCUT2D eigenvalue weighted by Crippen LogP contribution is 2.37. The van der Waals surface area contributed by atoms with Crippen LogP contribution in [0.2, 0.25) is 0 Å². The topological polar surface area (TPSA) is 132 Å². The van der Waals surface area contributed by atoms with E-state index in [4.69, 9.17) is 14.2 Å². The van der Waals surface area contributed by atoms with Crippen molar-refractivity contribution in [1.82, 2.24) is 9.80 Å². The largest absolute Gasteiger partial charge is 0.457 e. The fourth-order valence-corrected chi connectivity index (χ4v) is 7.69. The highest BCUT2D eigenvalue weighted by Gasteiger charge is 2.47. The van der Waals surface area contributed by atoms with Crippen LogP contribution in [0, 0.1) is 17.8 Å². The van der Waals surface area contributed by atoms with Crippen LogP contribution in [0.15, 0.2) is 36.0 Å². The van der Waals surface area contributed by atoms with E-state index in [0.717, 1.165) is 31.5 Å². The Morgan fingerprint density at radius 1 is 1.10 bits per heavy atom. The zero-order valence-electron chi connectivity index (χ0n) is 30.8. The number of carbonyl (C=O) groups excluding carboxylic acids is 2. The quantitative estimate of drug-likeness (QED) is 0.117. The lowest BCUT2D eigenvalue weighted by Crippen LogP contribution is -2.48. The standard InChI is InChI=1S/C39H64N2O8/c1-7-32(43)29(5)37-34(47-37)25-39(6,46)19-11-12-27(3)36-28(4)14-16-33(26(2)13-15-31(42)24-35(44)49-36)48-38(45)41-22-17-30(18-23-41)40-20-9-8-10-21-40/h11-12,14,16,19,26,28-34,36-37,42-43,46H,7-10,13,15,17-18,20-25H2,1-6H3/b16-14+,19-11+,27-12+. The molecule has 10 heteroatoms. The number of hydrogen-bond acceptors (Lipinski definition) is 9. The average Bonchev–Trinajstić information content (AvgIpc) is 3.84. The van der Waals surface area contributed by atoms with E-state index in [1.807, 2.05) is 57.7 Å². The predicted octanol–water partition coefficient (Wildman–Crippen LogP) is 5.54. The van der Waals surface area contributed by atoms with Crippen molar-refractivity contribution in [3.8, 4) is 0 Å². The van der Waals surface area contributed by atoms with E-state index in [1.54, 1.807) is 19.1 Å². The molecule has 0 aromatic heterocycles. The first-order chi connectivity index (χ1) is 23.3. The summed E-state index contributed by atoms with van der Waals surface area (Å²) in [5.41, 5.74) is -0.343. The van der Waals surface area contributed by atoms with Crippen LogP contribution in [0.4, 0.5) is 4.79 Å². The summed E-state index contributed by atoms with van der Waals surface area (Å²) < 4.78 is 17.8. The lowest BCUT2D eigenvalue weighted by molar-refractivity contribution is -0.151. The van der Waals surface area contributed by atoms with Crippen molar-refractivity contribution in [3.63, 3.8) is 0 Å². The number of rotatable bonds is 10. The molecule has 1 amide bonds. The van der Waals surface area contributed by atoms with Gasteiger partial charge in [-0.1, -0.05) is 58.4 Å². The molecule has 0 aliphatic carbocycles. The number of carbonyl (C=O) groups is 2. The van der Waals surface area contributed by atoms with Crippen LogP contribution in [0.1, 0.15) is 106 Å². The molecule has 4 aliphatic rings. The molecule has 4 rings (SSSR count). The lowest BCUT2D eigenvalue weighted by Gasteiger charge is -2.40. The first kappa shape index (κ1) is 39.5. The van der Waals surface area contributed by atoms with Crippen LogP contribution in [0.3, 0.4) is 0 Å². The number of hydrogen-bond donors (Lipinski definition) is 3. The van der Waals surface area contributed by atoms with E-state index in [2.05, 4.69) is 4.90 Å². The van der Waals surface area contributed by atoms with Gasteiger partial charge in [0, 0.05) is 37.4 Å². The Hall–Kier alpha value is -2.24. The van der Waals surface area contributed by atoms with E-state index < -0.39 is 36.0 Å². The first-order valence-corrected chi connectivity index (χ1v) is 18.9. The van der Waals surface area contributed by atoms with E-state index >= 15 is 0 Å². The van der Waals surface area contributed by atoms with Crippen molar-refractivity contribution in [1.29, 1.82) is 0 Å². The fourth-order valence-electron chi connectivity index (χ4n) is 7.69. The Labute approximate surface area is 294 Å². The van der Waals surface area contributed by atoms with Crippen LogP contribution in [0.25, 0.3) is 0 Å². The molecule has 278 valence electrons. The minimum atomic E-state index is -1.12. The van der Waals surface area contributed by atoms with Crippen molar-refractivity contribution in [2.45, 2.75) is 154 Å². The summed E-state index contributed by atoms with van der Waals surface area (Å²) in [4.78, 5) is 30.7.